The summed E-state index contributed by atoms with van der Waals surface area (Å²) in [6, 6.07) is 33.2. The summed E-state index contributed by atoms with van der Waals surface area (Å²) in [6.07, 6.45) is 0. The second kappa shape index (κ2) is 14.1. The lowest BCUT2D eigenvalue weighted by molar-refractivity contribution is 0.627. The van der Waals surface area contributed by atoms with E-state index < -0.39 is 11.6 Å². The molecule has 0 spiro atoms. The first-order valence-corrected chi connectivity index (χ1v) is 16.4. The lowest BCUT2D eigenvalue weighted by atomic mass is 9.82. The zero-order valence-electron chi connectivity index (χ0n) is 28.6. The van der Waals surface area contributed by atoms with Crippen molar-refractivity contribution in [2.45, 2.75) is 0 Å². The van der Waals surface area contributed by atoms with Crippen molar-refractivity contribution < 1.29 is 8.78 Å². The van der Waals surface area contributed by atoms with Crippen LogP contribution in [0.3, 0.4) is 0 Å². The van der Waals surface area contributed by atoms with Gasteiger partial charge in [-0.05, 0) is 86.5 Å². The zero-order chi connectivity index (χ0) is 39.7. The SMILES string of the molecule is [C-]#[N+]C1=C(c2ccc(F)cc2)/C(=C(/C#N)c2ccc([N+]#[C-])cc2)c2c(C#N)c3c(c(C#N)c21)C(C#N)=C(c1ccc(F)cc1)/C3=C(/[N+]#[C-])c1ccc(C#N)cc1. The van der Waals surface area contributed by atoms with E-state index in [1.165, 1.54) is 97.1 Å². The van der Waals surface area contributed by atoms with Gasteiger partial charge in [0.25, 0.3) is 0 Å². The summed E-state index contributed by atoms with van der Waals surface area (Å²) in [4.78, 5) is 11.1. The Bertz CT molecular complexity index is 2870. The third-order valence-corrected chi connectivity index (χ3v) is 9.47. The number of fused-ring (bicyclic) bond motifs is 2. The van der Waals surface area contributed by atoms with Crippen molar-refractivity contribution in [1.82, 2.24) is 0 Å². The van der Waals surface area contributed by atoms with E-state index in [9.17, 15) is 35.1 Å². The Kier molecular flexibility index (Phi) is 8.88. The number of allylic oxidation sites excluding steroid dienone is 6. The maximum absolute atomic E-state index is 14.3. The van der Waals surface area contributed by atoms with Gasteiger partial charge >= 0.3 is 0 Å². The maximum atomic E-state index is 14.3. The minimum Gasteiger partial charge on any atom is -0.238 e. The van der Waals surface area contributed by atoms with Crippen molar-refractivity contribution >= 4 is 50.5 Å². The molecule has 0 atom stereocenters. The standard InChI is InChI=1S/C46H16F2N8/c1-54-32-18-12-26(13-19-32)33(21-50)40-38(28-10-16-31(48)17-11-28)46(56-3)43-35(23-52)39-34(22-51)37(27-8-14-30(47)15-9-27)44(41(39)36(24-53)42(40)43)45(55-2)29-6-4-25(20-49)5-7-29/h4-19H/b40-33+,45-44-. The molecule has 254 valence electrons. The number of nitriles is 5. The van der Waals surface area contributed by atoms with Gasteiger partial charge in [0.05, 0.1) is 59.7 Å². The summed E-state index contributed by atoms with van der Waals surface area (Å²) in [6.45, 7) is 24.3. The minimum atomic E-state index is -0.579. The molecule has 0 saturated carbocycles. The second-order valence-electron chi connectivity index (χ2n) is 12.2. The van der Waals surface area contributed by atoms with Crippen LogP contribution in [-0.4, -0.2) is 0 Å². The molecule has 0 saturated heterocycles. The number of hydrogen-bond donors (Lipinski definition) is 0. The molecule has 0 fully saturated rings. The van der Waals surface area contributed by atoms with Crippen LogP contribution in [0, 0.1) is 88.0 Å². The fourth-order valence-corrected chi connectivity index (χ4v) is 7.15. The Balaban J connectivity index is 1.75. The van der Waals surface area contributed by atoms with Crippen LogP contribution in [0.1, 0.15) is 61.2 Å². The normalized spacial score (nSPS) is 14.0. The van der Waals surface area contributed by atoms with Gasteiger partial charge in [0.2, 0.25) is 11.4 Å². The molecule has 0 heterocycles. The molecule has 2 aliphatic carbocycles. The highest BCUT2D eigenvalue weighted by Crippen LogP contribution is 2.59. The molecular formula is C46H16F2N8. The van der Waals surface area contributed by atoms with Crippen molar-refractivity contribution in [2.75, 3.05) is 0 Å². The first-order valence-electron chi connectivity index (χ1n) is 16.4. The molecule has 0 unspecified atom stereocenters. The van der Waals surface area contributed by atoms with Crippen molar-refractivity contribution in [3.05, 3.63) is 204 Å². The molecule has 56 heavy (non-hydrogen) atoms. The summed E-state index contributed by atoms with van der Waals surface area (Å²) in [7, 11) is 0. The highest BCUT2D eigenvalue weighted by atomic mass is 19.1. The monoisotopic (exact) mass is 718 g/mol. The summed E-state index contributed by atoms with van der Waals surface area (Å²) >= 11 is 0. The fourth-order valence-electron chi connectivity index (χ4n) is 7.15. The first-order chi connectivity index (χ1) is 27.3. The molecule has 0 radical (unpaired) electrons. The van der Waals surface area contributed by atoms with Gasteiger partial charge in [0.1, 0.15) is 29.8 Å². The third-order valence-electron chi connectivity index (χ3n) is 9.47. The van der Waals surface area contributed by atoms with Crippen LogP contribution in [0.4, 0.5) is 14.5 Å². The topological polar surface area (TPSA) is 132 Å². The predicted molar refractivity (Wildman–Crippen MR) is 204 cm³/mol. The largest absolute Gasteiger partial charge is 0.238 e. The Hall–Kier alpha value is -9.16. The maximum Gasteiger partial charge on any atom is 0.204 e. The molecule has 2 aliphatic rings. The smallest absolute Gasteiger partial charge is 0.204 e. The molecule has 0 amide bonds. The Morgan fingerprint density at radius 2 is 1.05 bits per heavy atom. The molecule has 0 aliphatic heterocycles. The number of rotatable bonds is 4. The van der Waals surface area contributed by atoms with E-state index in [2.05, 4.69) is 38.8 Å². The first kappa shape index (κ1) is 35.3. The number of halogens is 2. The van der Waals surface area contributed by atoms with Crippen LogP contribution < -0.4 is 0 Å². The van der Waals surface area contributed by atoms with Gasteiger partial charge in [-0.15, -0.1) is 0 Å². The number of hydrogen-bond acceptors (Lipinski definition) is 5. The van der Waals surface area contributed by atoms with E-state index in [-0.39, 0.29) is 83.9 Å². The number of nitrogens with zero attached hydrogens (tertiary/aromatic N) is 8. The summed E-state index contributed by atoms with van der Waals surface area (Å²) in [5.41, 5.74) is 1.44. The van der Waals surface area contributed by atoms with Gasteiger partial charge in [-0.3, -0.25) is 0 Å². The van der Waals surface area contributed by atoms with Crippen LogP contribution in [0.2, 0.25) is 0 Å². The van der Waals surface area contributed by atoms with Gasteiger partial charge in [0, 0.05) is 16.7 Å². The third kappa shape index (κ3) is 5.36. The molecule has 5 aromatic rings. The van der Waals surface area contributed by atoms with E-state index in [4.69, 9.17) is 19.7 Å². The van der Waals surface area contributed by atoms with Crippen LogP contribution >= 0.6 is 0 Å². The zero-order valence-corrected chi connectivity index (χ0v) is 28.6. The van der Waals surface area contributed by atoms with Gasteiger partial charge < -0.3 is 0 Å². The van der Waals surface area contributed by atoms with Crippen molar-refractivity contribution in [3.8, 4) is 30.3 Å². The van der Waals surface area contributed by atoms with Crippen LogP contribution in [0.5, 0.6) is 0 Å². The van der Waals surface area contributed by atoms with Gasteiger partial charge in [-0.1, -0.05) is 60.7 Å². The van der Waals surface area contributed by atoms with E-state index in [0.717, 1.165) is 0 Å². The quantitative estimate of drug-likeness (QED) is 0.135. The second-order valence-corrected chi connectivity index (χ2v) is 12.2. The highest BCUT2D eigenvalue weighted by molar-refractivity contribution is 6.35. The molecule has 10 heteroatoms. The number of benzene rings is 5. The molecule has 0 N–H and O–H groups in total. The summed E-state index contributed by atoms with van der Waals surface area (Å²) < 4.78 is 28.7. The average molecular weight is 719 g/mol. The molecule has 5 aromatic carbocycles. The van der Waals surface area contributed by atoms with Crippen molar-refractivity contribution in [1.29, 1.82) is 26.3 Å². The summed E-state index contributed by atoms with van der Waals surface area (Å²) in [5, 5.41) is 53.5. The van der Waals surface area contributed by atoms with Gasteiger partial charge in [-0.2, -0.15) is 26.3 Å². The van der Waals surface area contributed by atoms with Gasteiger partial charge in [0.15, 0.2) is 5.69 Å². The molecule has 0 aromatic heterocycles. The molecule has 0 bridgehead atoms. The predicted octanol–water partition coefficient (Wildman–Crippen LogP) is 10.6. The molecule has 8 nitrogen and oxygen atoms in total. The van der Waals surface area contributed by atoms with E-state index in [1.807, 2.05) is 6.07 Å². The van der Waals surface area contributed by atoms with Crippen LogP contribution in [-0.2, 0) is 0 Å². The van der Waals surface area contributed by atoms with Crippen molar-refractivity contribution in [3.63, 3.8) is 0 Å². The molecule has 7 rings (SSSR count). The Labute approximate surface area is 319 Å². The minimum absolute atomic E-state index is 0.0110. The van der Waals surface area contributed by atoms with E-state index >= 15 is 0 Å². The lowest BCUT2D eigenvalue weighted by Crippen LogP contribution is -2.05. The van der Waals surface area contributed by atoms with E-state index in [1.54, 1.807) is 0 Å². The lowest BCUT2D eigenvalue weighted by Gasteiger charge is -2.19. The fraction of sp³-hybridized carbons (Fsp3) is 0. The van der Waals surface area contributed by atoms with Gasteiger partial charge in [-0.25, -0.2) is 23.3 Å². The summed E-state index contributed by atoms with van der Waals surface area (Å²) in [5.74, 6) is -1.16. The van der Waals surface area contributed by atoms with Crippen LogP contribution in [0.25, 0.3) is 59.4 Å². The van der Waals surface area contributed by atoms with Crippen LogP contribution in [0.15, 0.2) is 97.1 Å². The average Bonchev–Trinajstić information content (AvgIpc) is 3.75. The van der Waals surface area contributed by atoms with E-state index in [0.29, 0.717) is 27.8 Å². The Morgan fingerprint density at radius 1 is 0.518 bits per heavy atom. The highest BCUT2D eigenvalue weighted by Gasteiger charge is 2.43. The van der Waals surface area contributed by atoms with Crippen molar-refractivity contribution in [2.24, 2.45) is 0 Å². The molecular weight excluding hydrogens is 703 g/mol. The Morgan fingerprint density at radius 3 is 1.54 bits per heavy atom.